The first-order valence-corrected chi connectivity index (χ1v) is 7.14. The van der Waals surface area contributed by atoms with Gasteiger partial charge in [0, 0.05) is 19.0 Å². The molecule has 1 aliphatic rings. The van der Waals surface area contributed by atoms with Crippen LogP contribution in [0, 0.1) is 5.92 Å². The van der Waals surface area contributed by atoms with Crippen LogP contribution in [0.2, 0.25) is 0 Å². The normalized spacial score (nSPS) is 19.9. The quantitative estimate of drug-likeness (QED) is 0.743. The Morgan fingerprint density at radius 1 is 1.29 bits per heavy atom. The smallest absolute Gasteiger partial charge is 0.225 e. The van der Waals surface area contributed by atoms with Gasteiger partial charge in [-0.2, -0.15) is 0 Å². The van der Waals surface area contributed by atoms with E-state index in [-0.39, 0.29) is 11.5 Å². The molecule has 1 aliphatic heterocycles. The van der Waals surface area contributed by atoms with Crippen molar-refractivity contribution < 1.29 is 4.79 Å². The molecule has 1 rings (SSSR count). The highest BCUT2D eigenvalue weighted by Gasteiger charge is 2.42. The zero-order chi connectivity index (χ0) is 12.9. The van der Waals surface area contributed by atoms with E-state index in [2.05, 4.69) is 20.8 Å². The van der Waals surface area contributed by atoms with Gasteiger partial charge in [0.05, 0.1) is 5.54 Å². The van der Waals surface area contributed by atoms with E-state index in [0.717, 1.165) is 45.2 Å². The number of hydrogen-bond donors (Lipinski definition) is 1. The minimum atomic E-state index is -0.0898. The molecule has 0 aromatic carbocycles. The predicted molar refractivity (Wildman–Crippen MR) is 71.7 cm³/mol. The second kappa shape index (κ2) is 6.39. The van der Waals surface area contributed by atoms with E-state index < -0.39 is 0 Å². The van der Waals surface area contributed by atoms with Gasteiger partial charge in [-0.1, -0.05) is 40.0 Å². The van der Waals surface area contributed by atoms with Crippen molar-refractivity contribution in [1.82, 2.24) is 4.90 Å². The molecule has 2 N–H and O–H groups in total. The molecule has 1 amide bonds. The molecule has 1 fully saturated rings. The minimum Gasteiger partial charge on any atom is -0.339 e. The van der Waals surface area contributed by atoms with E-state index in [9.17, 15) is 4.79 Å². The Hall–Kier alpha value is -0.570. The van der Waals surface area contributed by atoms with Crippen LogP contribution >= 0.6 is 0 Å². The van der Waals surface area contributed by atoms with E-state index in [0.29, 0.717) is 5.91 Å². The highest BCUT2D eigenvalue weighted by atomic mass is 16.2. The first-order chi connectivity index (χ1) is 8.06. The molecule has 100 valence electrons. The number of nitrogens with two attached hydrogens (primary N) is 1. The summed E-state index contributed by atoms with van der Waals surface area (Å²) >= 11 is 0. The monoisotopic (exact) mass is 240 g/mol. The third-order valence-electron chi connectivity index (χ3n) is 3.82. The molecule has 1 unspecified atom stereocenters. The molecular weight excluding hydrogens is 212 g/mol. The molecule has 0 saturated carbocycles. The number of carbonyl (C=O) groups excluding carboxylic acids is 1. The van der Waals surface area contributed by atoms with Crippen LogP contribution in [0.15, 0.2) is 0 Å². The minimum absolute atomic E-state index is 0.0898. The lowest BCUT2D eigenvalue weighted by atomic mass is 9.84. The van der Waals surface area contributed by atoms with E-state index >= 15 is 0 Å². The van der Waals surface area contributed by atoms with Gasteiger partial charge in [-0.05, 0) is 19.3 Å². The third kappa shape index (κ3) is 3.70. The Morgan fingerprint density at radius 3 is 2.41 bits per heavy atom. The Bertz CT molecular complexity index is 247. The van der Waals surface area contributed by atoms with Gasteiger partial charge >= 0.3 is 0 Å². The van der Waals surface area contributed by atoms with Gasteiger partial charge in [0.25, 0.3) is 0 Å². The van der Waals surface area contributed by atoms with Crippen LogP contribution < -0.4 is 5.73 Å². The maximum Gasteiger partial charge on any atom is 0.225 e. The van der Waals surface area contributed by atoms with Gasteiger partial charge in [-0.3, -0.25) is 4.79 Å². The summed E-state index contributed by atoms with van der Waals surface area (Å²) in [5.74, 6) is 0.555. The molecule has 0 radical (unpaired) electrons. The van der Waals surface area contributed by atoms with Crippen LogP contribution in [0.25, 0.3) is 0 Å². The van der Waals surface area contributed by atoms with Crippen molar-refractivity contribution in [3.05, 3.63) is 0 Å². The van der Waals surface area contributed by atoms with Gasteiger partial charge in [-0.25, -0.2) is 0 Å². The predicted octanol–water partition coefficient (Wildman–Crippen LogP) is 2.54. The van der Waals surface area contributed by atoms with Crippen molar-refractivity contribution in [2.75, 3.05) is 13.1 Å². The lowest BCUT2D eigenvalue weighted by Gasteiger charge is -2.49. The van der Waals surface area contributed by atoms with Gasteiger partial charge < -0.3 is 10.6 Å². The van der Waals surface area contributed by atoms with Gasteiger partial charge in [0.2, 0.25) is 5.91 Å². The topological polar surface area (TPSA) is 46.3 Å². The van der Waals surface area contributed by atoms with Crippen molar-refractivity contribution in [1.29, 1.82) is 0 Å². The molecular formula is C14H28N2O. The Kier molecular flexibility index (Phi) is 5.44. The lowest BCUT2D eigenvalue weighted by Crippen LogP contribution is -2.69. The summed E-state index contributed by atoms with van der Waals surface area (Å²) in [5.41, 5.74) is 6.10. The highest BCUT2D eigenvalue weighted by Crippen LogP contribution is 2.27. The summed E-state index contributed by atoms with van der Waals surface area (Å²) in [4.78, 5) is 14.2. The first-order valence-electron chi connectivity index (χ1n) is 7.14. The fourth-order valence-corrected chi connectivity index (χ4v) is 2.74. The number of amides is 1. The Labute approximate surface area is 106 Å². The summed E-state index contributed by atoms with van der Waals surface area (Å²) in [6.45, 7) is 7.96. The lowest BCUT2D eigenvalue weighted by molar-refractivity contribution is -0.143. The molecule has 0 aromatic heterocycles. The molecule has 0 bridgehead atoms. The molecule has 1 saturated heterocycles. The van der Waals surface area contributed by atoms with Crippen LogP contribution in [0.1, 0.15) is 59.3 Å². The van der Waals surface area contributed by atoms with E-state index in [4.69, 9.17) is 5.73 Å². The third-order valence-corrected chi connectivity index (χ3v) is 3.82. The van der Waals surface area contributed by atoms with Crippen LogP contribution in [0.4, 0.5) is 0 Å². The van der Waals surface area contributed by atoms with Crippen molar-refractivity contribution in [2.45, 2.75) is 64.8 Å². The maximum absolute atomic E-state index is 12.2. The van der Waals surface area contributed by atoms with Gasteiger partial charge in [0.15, 0.2) is 0 Å². The summed E-state index contributed by atoms with van der Waals surface area (Å²) in [6, 6.07) is 0. The molecule has 0 aliphatic carbocycles. The van der Waals surface area contributed by atoms with Crippen molar-refractivity contribution in [3.63, 3.8) is 0 Å². The number of unbranched alkanes of at least 4 members (excludes halogenated alkanes) is 1. The number of likely N-dealkylation sites (tertiary alicyclic amines) is 1. The fourth-order valence-electron chi connectivity index (χ4n) is 2.74. The molecule has 0 spiro atoms. The van der Waals surface area contributed by atoms with E-state index in [1.165, 1.54) is 6.42 Å². The van der Waals surface area contributed by atoms with Crippen molar-refractivity contribution in [2.24, 2.45) is 11.7 Å². The second-order valence-electron chi connectivity index (χ2n) is 5.55. The van der Waals surface area contributed by atoms with E-state index in [1.807, 2.05) is 4.90 Å². The Balaban J connectivity index is 2.39. The average Bonchev–Trinajstić information content (AvgIpc) is 2.26. The largest absolute Gasteiger partial charge is 0.339 e. The van der Waals surface area contributed by atoms with Gasteiger partial charge in [-0.15, -0.1) is 0 Å². The molecule has 1 atom stereocenters. The summed E-state index contributed by atoms with van der Waals surface area (Å²) in [5, 5.41) is 0. The van der Waals surface area contributed by atoms with Crippen molar-refractivity contribution >= 4 is 5.91 Å². The average molecular weight is 240 g/mol. The summed E-state index contributed by atoms with van der Waals surface area (Å²) in [7, 11) is 0. The first kappa shape index (κ1) is 14.5. The van der Waals surface area contributed by atoms with Crippen LogP contribution in [-0.2, 0) is 4.79 Å². The fraction of sp³-hybridized carbons (Fsp3) is 0.929. The molecule has 3 nitrogen and oxygen atoms in total. The van der Waals surface area contributed by atoms with Crippen LogP contribution in [-0.4, -0.2) is 29.4 Å². The molecule has 3 heteroatoms. The molecule has 0 aromatic rings. The molecule has 17 heavy (non-hydrogen) atoms. The highest BCUT2D eigenvalue weighted by molar-refractivity contribution is 5.80. The number of rotatable bonds is 7. The molecule has 1 heterocycles. The summed E-state index contributed by atoms with van der Waals surface area (Å²) < 4.78 is 0. The Morgan fingerprint density at radius 2 is 1.94 bits per heavy atom. The van der Waals surface area contributed by atoms with Gasteiger partial charge in [0.1, 0.15) is 0 Å². The second-order valence-corrected chi connectivity index (χ2v) is 5.55. The number of hydrogen-bond acceptors (Lipinski definition) is 2. The van der Waals surface area contributed by atoms with Crippen molar-refractivity contribution in [3.8, 4) is 0 Å². The van der Waals surface area contributed by atoms with E-state index in [1.54, 1.807) is 0 Å². The SMILES string of the molecule is CCCCC(CC)C(=O)N1CC(N)(CCC)C1. The zero-order valence-corrected chi connectivity index (χ0v) is 11.7. The van der Waals surface area contributed by atoms with Crippen LogP contribution in [0.5, 0.6) is 0 Å². The zero-order valence-electron chi connectivity index (χ0n) is 11.7. The summed E-state index contributed by atoms with van der Waals surface area (Å²) in [6.07, 6.45) is 6.45. The number of carbonyl (C=O) groups is 1. The standard InChI is InChI=1S/C14H28N2O/c1-4-7-8-12(6-3)13(17)16-10-14(15,11-16)9-5-2/h12H,4-11,15H2,1-3H3. The maximum atomic E-state index is 12.2. The van der Waals surface area contributed by atoms with Crippen LogP contribution in [0.3, 0.4) is 0 Å². The number of nitrogens with zero attached hydrogens (tertiary/aromatic N) is 1.